The summed E-state index contributed by atoms with van der Waals surface area (Å²) >= 11 is 0. The molecule has 1 atom stereocenters. The number of carbonyl (C=O) groups excluding carboxylic acids is 2. The van der Waals surface area contributed by atoms with Gasteiger partial charge in [-0.05, 0) is 31.9 Å². The lowest BCUT2D eigenvalue weighted by atomic mass is 10.0. The summed E-state index contributed by atoms with van der Waals surface area (Å²) in [5, 5.41) is 9.32. The molecular weight excluding hydrogens is 336 g/mol. The van der Waals surface area contributed by atoms with E-state index in [1.807, 2.05) is 11.8 Å². The minimum absolute atomic E-state index is 0.0533. The number of pyridine rings is 1. The normalized spacial score (nSPS) is 21.5. The average Bonchev–Trinajstić information content (AvgIpc) is 2.68. The molecule has 0 aromatic carbocycles. The molecule has 0 aliphatic carbocycles. The summed E-state index contributed by atoms with van der Waals surface area (Å²) in [4.78, 5) is 34.4. The van der Waals surface area contributed by atoms with Crippen molar-refractivity contribution in [2.45, 2.75) is 25.8 Å². The molecule has 2 amide bonds. The molecule has 1 aromatic rings. The summed E-state index contributed by atoms with van der Waals surface area (Å²) in [7, 11) is 0. The van der Waals surface area contributed by atoms with Gasteiger partial charge in [0, 0.05) is 45.3 Å². The fourth-order valence-electron chi connectivity index (χ4n) is 3.60. The van der Waals surface area contributed by atoms with E-state index >= 15 is 0 Å². The van der Waals surface area contributed by atoms with Crippen molar-refractivity contribution < 1.29 is 19.4 Å². The Labute approximate surface area is 153 Å². The van der Waals surface area contributed by atoms with Crippen LogP contribution in [0.25, 0.3) is 0 Å². The van der Waals surface area contributed by atoms with E-state index in [1.165, 1.54) is 12.3 Å². The van der Waals surface area contributed by atoms with Crippen molar-refractivity contribution in [1.82, 2.24) is 19.7 Å². The van der Waals surface area contributed by atoms with Gasteiger partial charge in [-0.15, -0.1) is 0 Å². The maximum absolute atomic E-state index is 12.6. The summed E-state index contributed by atoms with van der Waals surface area (Å²) in [6.45, 7) is 6.49. The SMILES string of the molecule is CCOC(=O)N1CCN([C@H]2CCCN(C(=O)c3ccc(O)cn3)C2)CC1. The molecule has 1 N–H and O–H groups in total. The average molecular weight is 362 g/mol. The van der Waals surface area contributed by atoms with Gasteiger partial charge in [-0.2, -0.15) is 0 Å². The Hall–Kier alpha value is -2.35. The number of aromatic nitrogens is 1. The lowest BCUT2D eigenvalue weighted by Crippen LogP contribution is -2.56. The predicted octanol–water partition coefficient (Wildman–Crippen LogP) is 1.17. The van der Waals surface area contributed by atoms with E-state index in [9.17, 15) is 14.7 Å². The summed E-state index contributed by atoms with van der Waals surface area (Å²) in [5.41, 5.74) is 0.357. The van der Waals surface area contributed by atoms with Crippen LogP contribution in [0.15, 0.2) is 18.3 Å². The number of amides is 2. The van der Waals surface area contributed by atoms with Crippen molar-refractivity contribution >= 4 is 12.0 Å². The van der Waals surface area contributed by atoms with Crippen LogP contribution in [0.3, 0.4) is 0 Å². The maximum atomic E-state index is 12.6. The highest BCUT2D eigenvalue weighted by atomic mass is 16.6. The van der Waals surface area contributed by atoms with E-state index in [2.05, 4.69) is 9.88 Å². The largest absolute Gasteiger partial charge is 0.506 e. The van der Waals surface area contributed by atoms with Crippen LogP contribution < -0.4 is 0 Å². The van der Waals surface area contributed by atoms with Gasteiger partial charge in [-0.1, -0.05) is 0 Å². The number of ether oxygens (including phenoxy) is 1. The van der Waals surface area contributed by atoms with Crippen LogP contribution in [-0.4, -0.2) is 88.7 Å². The number of nitrogens with zero attached hydrogens (tertiary/aromatic N) is 4. The van der Waals surface area contributed by atoms with Crippen LogP contribution in [0.2, 0.25) is 0 Å². The Balaban J connectivity index is 1.55. The van der Waals surface area contributed by atoms with Crippen LogP contribution in [0.4, 0.5) is 4.79 Å². The molecule has 2 aliphatic rings. The fourth-order valence-corrected chi connectivity index (χ4v) is 3.60. The highest BCUT2D eigenvalue weighted by Gasteiger charge is 2.31. The molecule has 3 heterocycles. The molecule has 0 radical (unpaired) electrons. The first-order valence-electron chi connectivity index (χ1n) is 9.18. The summed E-state index contributed by atoms with van der Waals surface area (Å²) in [5.74, 6) is -0.0441. The van der Waals surface area contributed by atoms with Crippen molar-refractivity contribution in [2.24, 2.45) is 0 Å². The number of rotatable bonds is 3. The predicted molar refractivity (Wildman–Crippen MR) is 95.0 cm³/mol. The zero-order valence-corrected chi connectivity index (χ0v) is 15.1. The van der Waals surface area contributed by atoms with Crippen molar-refractivity contribution in [3.05, 3.63) is 24.0 Å². The van der Waals surface area contributed by atoms with Crippen molar-refractivity contribution in [3.8, 4) is 5.75 Å². The second-order valence-corrected chi connectivity index (χ2v) is 6.67. The molecule has 1 aromatic heterocycles. The molecule has 142 valence electrons. The topological polar surface area (TPSA) is 86.2 Å². The number of likely N-dealkylation sites (tertiary alicyclic amines) is 1. The lowest BCUT2D eigenvalue weighted by Gasteiger charge is -2.43. The van der Waals surface area contributed by atoms with Gasteiger partial charge in [-0.3, -0.25) is 9.69 Å². The minimum Gasteiger partial charge on any atom is -0.506 e. The van der Waals surface area contributed by atoms with Crippen molar-refractivity contribution in [3.63, 3.8) is 0 Å². The third-order valence-corrected chi connectivity index (χ3v) is 5.01. The number of aromatic hydroxyl groups is 1. The molecule has 3 rings (SSSR count). The minimum atomic E-state index is -0.244. The number of piperidine rings is 1. The third kappa shape index (κ3) is 4.24. The van der Waals surface area contributed by atoms with Gasteiger partial charge in [0.25, 0.3) is 5.91 Å². The molecule has 8 nitrogen and oxygen atoms in total. The molecule has 0 spiro atoms. The standard InChI is InChI=1S/C18H26N4O4/c1-2-26-18(25)21-10-8-20(9-11-21)14-4-3-7-22(13-14)17(24)16-6-5-15(23)12-19-16/h5-6,12,14,23H,2-4,7-11,13H2,1H3/t14-/m0/s1. The summed E-state index contributed by atoms with van der Waals surface area (Å²) in [6.07, 6.45) is 3.05. The lowest BCUT2D eigenvalue weighted by molar-refractivity contribution is 0.0375. The zero-order valence-electron chi connectivity index (χ0n) is 15.1. The highest BCUT2D eigenvalue weighted by Crippen LogP contribution is 2.20. The van der Waals surface area contributed by atoms with Gasteiger partial charge in [0.1, 0.15) is 11.4 Å². The molecule has 2 fully saturated rings. The Morgan fingerprint density at radius 3 is 2.62 bits per heavy atom. The first-order valence-corrected chi connectivity index (χ1v) is 9.18. The molecule has 2 aliphatic heterocycles. The second-order valence-electron chi connectivity index (χ2n) is 6.67. The van der Waals surface area contributed by atoms with E-state index in [-0.39, 0.29) is 17.7 Å². The Morgan fingerprint density at radius 1 is 1.19 bits per heavy atom. The molecular formula is C18H26N4O4. The van der Waals surface area contributed by atoms with Gasteiger partial charge < -0.3 is 19.6 Å². The first kappa shape index (κ1) is 18.4. The van der Waals surface area contributed by atoms with Crippen LogP contribution in [-0.2, 0) is 4.74 Å². The molecule has 0 unspecified atom stereocenters. The van der Waals surface area contributed by atoms with Crippen molar-refractivity contribution in [1.29, 1.82) is 0 Å². The molecule has 8 heteroatoms. The van der Waals surface area contributed by atoms with Gasteiger partial charge in [0.2, 0.25) is 0 Å². The zero-order chi connectivity index (χ0) is 18.5. The van der Waals surface area contributed by atoms with E-state index < -0.39 is 0 Å². The van der Waals surface area contributed by atoms with Gasteiger partial charge >= 0.3 is 6.09 Å². The molecule has 26 heavy (non-hydrogen) atoms. The number of carbonyl (C=O) groups is 2. The fraction of sp³-hybridized carbons (Fsp3) is 0.611. The highest BCUT2D eigenvalue weighted by molar-refractivity contribution is 5.92. The summed E-state index contributed by atoms with van der Waals surface area (Å²) < 4.78 is 5.06. The van der Waals surface area contributed by atoms with E-state index in [0.29, 0.717) is 38.0 Å². The third-order valence-electron chi connectivity index (χ3n) is 5.01. The Bertz CT molecular complexity index is 629. The number of hydrogen-bond donors (Lipinski definition) is 1. The smallest absolute Gasteiger partial charge is 0.409 e. The molecule has 0 saturated carbocycles. The van der Waals surface area contributed by atoms with E-state index in [4.69, 9.17) is 4.74 Å². The molecule has 0 bridgehead atoms. The first-order chi connectivity index (χ1) is 12.6. The Kier molecular flexibility index (Phi) is 5.92. The molecule has 2 saturated heterocycles. The van der Waals surface area contributed by atoms with Crippen LogP contribution >= 0.6 is 0 Å². The quantitative estimate of drug-likeness (QED) is 0.869. The van der Waals surface area contributed by atoms with E-state index in [1.54, 1.807) is 11.0 Å². The van der Waals surface area contributed by atoms with Crippen molar-refractivity contribution in [2.75, 3.05) is 45.9 Å². The number of hydrogen-bond acceptors (Lipinski definition) is 6. The van der Waals surface area contributed by atoms with Gasteiger partial charge in [0.05, 0.1) is 12.8 Å². The van der Waals surface area contributed by atoms with Gasteiger partial charge in [0.15, 0.2) is 0 Å². The van der Waals surface area contributed by atoms with Gasteiger partial charge in [-0.25, -0.2) is 9.78 Å². The van der Waals surface area contributed by atoms with E-state index in [0.717, 1.165) is 32.5 Å². The van der Waals surface area contributed by atoms with Crippen LogP contribution in [0.5, 0.6) is 5.75 Å². The number of piperazine rings is 1. The summed E-state index contributed by atoms with van der Waals surface area (Å²) in [6, 6.07) is 3.34. The monoisotopic (exact) mass is 362 g/mol. The Morgan fingerprint density at radius 2 is 1.96 bits per heavy atom. The maximum Gasteiger partial charge on any atom is 0.409 e. The second kappa shape index (κ2) is 8.35. The van der Waals surface area contributed by atoms with Crippen LogP contribution in [0.1, 0.15) is 30.3 Å². The van der Waals surface area contributed by atoms with Crippen LogP contribution in [0, 0.1) is 0 Å².